The minimum Gasteiger partial charge on any atom is -0.368 e. The van der Waals surface area contributed by atoms with E-state index >= 15 is 0 Å². The minimum absolute atomic E-state index is 0.326. The number of benzene rings is 2. The van der Waals surface area contributed by atoms with E-state index in [1.54, 1.807) is 6.07 Å². The highest BCUT2D eigenvalue weighted by Crippen LogP contribution is 2.39. The highest BCUT2D eigenvalue weighted by atomic mass is 32.2. The van der Waals surface area contributed by atoms with Crippen molar-refractivity contribution in [3.05, 3.63) is 60.2 Å². The number of piperazine rings is 1. The van der Waals surface area contributed by atoms with Crippen LogP contribution in [0, 0.1) is 11.3 Å². The Morgan fingerprint density at radius 3 is 2.35 bits per heavy atom. The van der Waals surface area contributed by atoms with Gasteiger partial charge in [0.15, 0.2) is 9.84 Å². The van der Waals surface area contributed by atoms with Gasteiger partial charge in [0.25, 0.3) is 0 Å². The lowest BCUT2D eigenvalue weighted by Gasteiger charge is -2.45. The van der Waals surface area contributed by atoms with Crippen LogP contribution in [0.1, 0.15) is 51.1 Å². The van der Waals surface area contributed by atoms with Crippen molar-refractivity contribution in [1.82, 2.24) is 4.90 Å². The highest BCUT2D eigenvalue weighted by molar-refractivity contribution is 7.90. The maximum atomic E-state index is 12.0. The third kappa shape index (κ3) is 5.50. The lowest BCUT2D eigenvalue weighted by Crippen LogP contribution is -2.50. The number of rotatable bonds is 5. The number of hydrogen-bond acceptors (Lipinski definition) is 4. The molecular weight excluding hydrogens is 404 g/mol. The van der Waals surface area contributed by atoms with Crippen LogP contribution < -0.4 is 4.90 Å². The number of hydrogen-bond donors (Lipinski definition) is 0. The molecule has 1 saturated carbocycles. The molecule has 2 aliphatic rings. The summed E-state index contributed by atoms with van der Waals surface area (Å²) in [6, 6.07) is 18.5. The molecule has 31 heavy (non-hydrogen) atoms. The molecule has 0 aromatic heterocycles. The normalized spacial score (nSPS) is 23.1. The average Bonchev–Trinajstić information content (AvgIpc) is 2.75. The molecule has 0 bridgehead atoms. The summed E-state index contributed by atoms with van der Waals surface area (Å²) in [5.41, 5.74) is 2.85. The summed E-state index contributed by atoms with van der Waals surface area (Å²) in [6.45, 7) is 8.78. The predicted octanol–water partition coefficient (Wildman–Crippen LogP) is 5.17. The quantitative estimate of drug-likeness (QED) is 0.643. The molecular formula is C26H36N2O2S. The molecule has 2 aromatic rings. The van der Waals surface area contributed by atoms with E-state index in [0.29, 0.717) is 16.4 Å². The molecule has 0 radical (unpaired) electrons. The van der Waals surface area contributed by atoms with Crippen molar-refractivity contribution < 1.29 is 8.42 Å². The van der Waals surface area contributed by atoms with Crippen molar-refractivity contribution in [1.29, 1.82) is 0 Å². The smallest absolute Gasteiger partial charge is 0.175 e. The molecule has 0 N–H and O–H groups in total. The zero-order valence-electron chi connectivity index (χ0n) is 19.1. The number of sulfone groups is 1. The lowest BCUT2D eigenvalue weighted by molar-refractivity contribution is 0.108. The third-order valence-corrected chi connectivity index (χ3v) is 8.35. The average molecular weight is 441 g/mol. The van der Waals surface area contributed by atoms with Gasteiger partial charge >= 0.3 is 0 Å². The second kappa shape index (κ2) is 8.95. The Morgan fingerprint density at radius 2 is 1.68 bits per heavy atom. The van der Waals surface area contributed by atoms with Crippen LogP contribution in [-0.4, -0.2) is 45.8 Å². The van der Waals surface area contributed by atoms with Crippen LogP contribution in [0.5, 0.6) is 0 Å². The van der Waals surface area contributed by atoms with Crippen LogP contribution in [0.2, 0.25) is 0 Å². The van der Waals surface area contributed by atoms with E-state index in [1.165, 1.54) is 37.5 Å². The molecule has 1 atom stereocenters. The fourth-order valence-electron chi connectivity index (χ4n) is 5.15. The molecule has 4 rings (SSSR count). The molecule has 1 aliphatic heterocycles. The molecule has 0 amide bonds. The fraction of sp³-hybridized carbons (Fsp3) is 0.538. The molecule has 2 aromatic carbocycles. The van der Waals surface area contributed by atoms with Crippen LogP contribution in [0.25, 0.3) is 0 Å². The van der Waals surface area contributed by atoms with Gasteiger partial charge in [-0.05, 0) is 60.8 Å². The zero-order valence-corrected chi connectivity index (χ0v) is 19.9. The van der Waals surface area contributed by atoms with Gasteiger partial charge in [-0.2, -0.15) is 0 Å². The van der Waals surface area contributed by atoms with Gasteiger partial charge in [0, 0.05) is 38.1 Å². The van der Waals surface area contributed by atoms with E-state index in [2.05, 4.69) is 54.0 Å². The zero-order chi connectivity index (χ0) is 22.1. The van der Waals surface area contributed by atoms with Gasteiger partial charge in [-0.15, -0.1) is 0 Å². The van der Waals surface area contributed by atoms with Gasteiger partial charge in [-0.3, -0.25) is 4.90 Å². The Hall–Kier alpha value is -1.85. The molecule has 0 unspecified atom stereocenters. The maximum absolute atomic E-state index is 12.0. The second-order valence-corrected chi connectivity index (χ2v) is 12.3. The van der Waals surface area contributed by atoms with E-state index < -0.39 is 9.84 Å². The molecule has 1 heterocycles. The van der Waals surface area contributed by atoms with Gasteiger partial charge in [0.2, 0.25) is 0 Å². The summed E-state index contributed by atoms with van der Waals surface area (Å²) in [5, 5.41) is 0. The predicted molar refractivity (Wildman–Crippen MR) is 128 cm³/mol. The Balaban J connectivity index is 1.53. The fourth-order valence-corrected chi connectivity index (χ4v) is 5.81. The van der Waals surface area contributed by atoms with E-state index in [0.717, 1.165) is 37.8 Å². The van der Waals surface area contributed by atoms with Crippen molar-refractivity contribution in [2.45, 2.75) is 50.5 Å². The Kier molecular flexibility index (Phi) is 6.45. The molecule has 168 valence electrons. The SMILES string of the molecule is CC1(C)CCC(CN2CCN(c3cccc(S(C)(=O)=O)c3)C[C@H]2c2ccccc2)CC1. The standard InChI is InChI=1S/C26H36N2O2S/c1-26(2)14-12-21(13-15-26)19-28-17-16-27(20-25(28)22-8-5-4-6-9-22)23-10-7-11-24(18-23)31(3,29)30/h4-11,18,21,25H,12-17,19-20H2,1-3H3/t25-/m0/s1. The maximum Gasteiger partial charge on any atom is 0.175 e. The first-order valence-corrected chi connectivity index (χ1v) is 13.4. The summed E-state index contributed by atoms with van der Waals surface area (Å²) in [6.07, 6.45) is 6.58. The van der Waals surface area contributed by atoms with Gasteiger partial charge in [-0.1, -0.05) is 50.2 Å². The minimum atomic E-state index is -3.21. The molecule has 0 spiro atoms. The Morgan fingerprint density at radius 1 is 0.968 bits per heavy atom. The van der Waals surface area contributed by atoms with E-state index in [9.17, 15) is 8.42 Å². The monoisotopic (exact) mass is 440 g/mol. The van der Waals surface area contributed by atoms with Crippen LogP contribution in [0.15, 0.2) is 59.5 Å². The van der Waals surface area contributed by atoms with Gasteiger partial charge in [0.05, 0.1) is 10.9 Å². The van der Waals surface area contributed by atoms with Crippen molar-refractivity contribution in [3.8, 4) is 0 Å². The first-order valence-electron chi connectivity index (χ1n) is 11.6. The van der Waals surface area contributed by atoms with Crippen LogP contribution in [0.4, 0.5) is 5.69 Å². The van der Waals surface area contributed by atoms with Gasteiger partial charge < -0.3 is 4.90 Å². The Bertz CT molecular complexity index is 977. The lowest BCUT2D eigenvalue weighted by atomic mass is 9.73. The summed E-state index contributed by atoms with van der Waals surface area (Å²) in [7, 11) is -3.21. The molecule has 2 fully saturated rings. The molecule has 1 aliphatic carbocycles. The summed E-state index contributed by atoms with van der Waals surface area (Å²) in [5.74, 6) is 0.777. The largest absolute Gasteiger partial charge is 0.368 e. The van der Waals surface area contributed by atoms with Crippen LogP contribution in [-0.2, 0) is 9.84 Å². The van der Waals surface area contributed by atoms with Crippen molar-refractivity contribution >= 4 is 15.5 Å². The molecule has 4 nitrogen and oxygen atoms in total. The Labute approximate surface area is 188 Å². The first kappa shape index (κ1) is 22.3. The van der Waals surface area contributed by atoms with Crippen molar-refractivity contribution in [3.63, 3.8) is 0 Å². The summed E-state index contributed by atoms with van der Waals surface area (Å²) in [4.78, 5) is 5.43. The molecule has 5 heteroatoms. The van der Waals surface area contributed by atoms with Crippen LogP contribution >= 0.6 is 0 Å². The number of nitrogens with zero attached hydrogens (tertiary/aromatic N) is 2. The van der Waals surface area contributed by atoms with Gasteiger partial charge in [0.1, 0.15) is 0 Å². The van der Waals surface area contributed by atoms with Crippen molar-refractivity contribution in [2.75, 3.05) is 37.3 Å². The van der Waals surface area contributed by atoms with E-state index in [-0.39, 0.29) is 0 Å². The number of anilines is 1. The summed E-state index contributed by atoms with van der Waals surface area (Å²) >= 11 is 0. The second-order valence-electron chi connectivity index (χ2n) is 10.2. The van der Waals surface area contributed by atoms with Crippen molar-refractivity contribution in [2.24, 2.45) is 11.3 Å². The topological polar surface area (TPSA) is 40.6 Å². The van der Waals surface area contributed by atoms with E-state index in [4.69, 9.17) is 0 Å². The highest BCUT2D eigenvalue weighted by Gasteiger charge is 2.33. The van der Waals surface area contributed by atoms with Crippen LogP contribution in [0.3, 0.4) is 0 Å². The van der Waals surface area contributed by atoms with Gasteiger partial charge in [-0.25, -0.2) is 8.42 Å². The summed E-state index contributed by atoms with van der Waals surface area (Å²) < 4.78 is 24.1. The first-order chi connectivity index (χ1) is 14.7. The molecule has 1 saturated heterocycles. The van der Waals surface area contributed by atoms with E-state index in [1.807, 2.05) is 18.2 Å². The third-order valence-electron chi connectivity index (χ3n) is 7.24.